The Balaban J connectivity index is 2.05. The molecule has 0 bridgehead atoms. The van der Waals surface area contributed by atoms with Crippen molar-refractivity contribution >= 4 is 27.5 Å². The van der Waals surface area contributed by atoms with Crippen molar-refractivity contribution in [2.24, 2.45) is 0 Å². The number of hydrogen-bond acceptors (Lipinski definition) is 5. The molecule has 8 heteroatoms. The molecule has 106 valence electrons. The Labute approximate surface area is 114 Å². The van der Waals surface area contributed by atoms with E-state index in [9.17, 15) is 18.0 Å². The molecule has 0 aromatic heterocycles. The van der Waals surface area contributed by atoms with Gasteiger partial charge in [0.1, 0.15) is 13.2 Å². The maximum Gasteiger partial charge on any atom is 0.407 e. The second-order valence-electron chi connectivity index (χ2n) is 4.01. The predicted molar refractivity (Wildman–Crippen MR) is 68.6 cm³/mol. The average molecular weight is 297 g/mol. The molecule has 2 N–H and O–H groups in total. The van der Waals surface area contributed by atoms with Gasteiger partial charge in [0.2, 0.25) is 9.84 Å². The molecule has 0 atom stereocenters. The molecule has 0 fully saturated rings. The van der Waals surface area contributed by atoms with Gasteiger partial charge >= 0.3 is 12.1 Å². The quantitative estimate of drug-likeness (QED) is 0.843. The van der Waals surface area contributed by atoms with Gasteiger partial charge in [0.05, 0.1) is 4.90 Å². The van der Waals surface area contributed by atoms with E-state index in [1.807, 2.05) is 5.32 Å². The van der Waals surface area contributed by atoms with E-state index in [4.69, 9.17) is 9.84 Å². The molecule has 1 aliphatic rings. The minimum absolute atomic E-state index is 0.171. The molecule has 0 aliphatic carbocycles. The summed E-state index contributed by atoms with van der Waals surface area (Å²) < 4.78 is 28.4. The number of carbonyl (C=O) groups excluding carboxylic acids is 1. The van der Waals surface area contributed by atoms with E-state index < -0.39 is 28.4 Å². The van der Waals surface area contributed by atoms with Crippen LogP contribution in [-0.2, 0) is 19.4 Å². The minimum Gasteiger partial charge on any atom is -0.480 e. The number of carboxylic acids is 1. The Morgan fingerprint density at radius 2 is 1.95 bits per heavy atom. The Hall–Kier alpha value is -2.35. The van der Waals surface area contributed by atoms with Gasteiger partial charge in [-0.15, -0.1) is 0 Å². The molecule has 0 spiro atoms. The van der Waals surface area contributed by atoms with Crippen molar-refractivity contribution in [3.05, 3.63) is 35.2 Å². The first-order valence-electron chi connectivity index (χ1n) is 5.57. The van der Waals surface area contributed by atoms with Gasteiger partial charge in [-0.2, -0.15) is 0 Å². The monoisotopic (exact) mass is 297 g/mol. The van der Waals surface area contributed by atoms with Crippen LogP contribution in [0.5, 0.6) is 0 Å². The molecule has 0 unspecified atom stereocenters. The molecule has 7 nitrogen and oxygen atoms in total. The van der Waals surface area contributed by atoms with Crippen molar-refractivity contribution in [3.8, 4) is 0 Å². The van der Waals surface area contributed by atoms with Gasteiger partial charge in [0.15, 0.2) is 0 Å². The highest BCUT2D eigenvalue weighted by Gasteiger charge is 2.26. The first-order chi connectivity index (χ1) is 9.40. The second kappa shape index (κ2) is 5.33. The highest BCUT2D eigenvalue weighted by molar-refractivity contribution is 7.95. The molecule has 1 aromatic rings. The van der Waals surface area contributed by atoms with Gasteiger partial charge in [-0.3, -0.25) is 4.79 Å². The third-order valence-electron chi connectivity index (χ3n) is 2.58. The standard InChI is InChI=1S/C12H11NO6S/c14-11(15)5-13-12(16)19-6-8-7-20(17,18)10-4-2-1-3-9(8)10/h1-4,7H,5-6H2,(H,13,16)(H,14,15). The molecular weight excluding hydrogens is 286 g/mol. The first-order valence-corrected chi connectivity index (χ1v) is 7.12. The number of fused-ring (bicyclic) bond motifs is 1. The summed E-state index contributed by atoms with van der Waals surface area (Å²) in [5.41, 5.74) is 0.838. The van der Waals surface area contributed by atoms with E-state index in [0.29, 0.717) is 11.1 Å². The molecule has 1 amide bonds. The number of carbonyl (C=O) groups is 2. The van der Waals surface area contributed by atoms with Crippen molar-refractivity contribution in [1.29, 1.82) is 0 Å². The molecule has 2 rings (SSSR count). The number of aliphatic carboxylic acids is 1. The van der Waals surface area contributed by atoms with Crippen LogP contribution >= 0.6 is 0 Å². The lowest BCUT2D eigenvalue weighted by Crippen LogP contribution is -2.30. The van der Waals surface area contributed by atoms with Crippen LogP contribution in [0.25, 0.3) is 5.57 Å². The zero-order valence-corrected chi connectivity index (χ0v) is 11.0. The van der Waals surface area contributed by atoms with Crippen LogP contribution in [0.15, 0.2) is 34.6 Å². The number of rotatable bonds is 4. The molecule has 1 heterocycles. The Kier molecular flexibility index (Phi) is 3.75. The van der Waals surface area contributed by atoms with Gasteiger partial charge in [0, 0.05) is 16.5 Å². The van der Waals surface area contributed by atoms with Gasteiger partial charge in [-0.05, 0) is 6.07 Å². The lowest BCUT2D eigenvalue weighted by Gasteiger charge is -2.06. The lowest BCUT2D eigenvalue weighted by molar-refractivity contribution is -0.135. The van der Waals surface area contributed by atoms with E-state index in [1.54, 1.807) is 18.2 Å². The fraction of sp³-hybridized carbons (Fsp3) is 0.167. The summed E-state index contributed by atoms with van der Waals surface area (Å²) in [7, 11) is -3.50. The maximum absolute atomic E-state index is 11.8. The summed E-state index contributed by atoms with van der Waals surface area (Å²) in [6.07, 6.45) is -0.921. The van der Waals surface area contributed by atoms with Crippen molar-refractivity contribution in [2.45, 2.75) is 4.90 Å². The lowest BCUT2D eigenvalue weighted by atomic mass is 10.1. The van der Waals surface area contributed by atoms with E-state index in [2.05, 4.69) is 0 Å². The summed E-state index contributed by atoms with van der Waals surface area (Å²) in [6.45, 7) is -0.811. The van der Waals surface area contributed by atoms with Crippen LogP contribution in [0.3, 0.4) is 0 Å². The highest BCUT2D eigenvalue weighted by Crippen LogP contribution is 2.32. The number of benzene rings is 1. The van der Waals surface area contributed by atoms with Gasteiger partial charge in [-0.25, -0.2) is 13.2 Å². The Morgan fingerprint density at radius 3 is 2.65 bits per heavy atom. The van der Waals surface area contributed by atoms with Crippen molar-refractivity contribution in [1.82, 2.24) is 5.32 Å². The van der Waals surface area contributed by atoms with Crippen LogP contribution in [0.4, 0.5) is 4.79 Å². The Bertz CT molecular complexity index is 692. The summed E-state index contributed by atoms with van der Waals surface area (Å²) in [5, 5.41) is 11.4. The third kappa shape index (κ3) is 2.97. The number of alkyl carbamates (subject to hydrolysis) is 1. The van der Waals surface area contributed by atoms with E-state index in [1.165, 1.54) is 6.07 Å². The zero-order chi connectivity index (χ0) is 14.8. The largest absolute Gasteiger partial charge is 0.480 e. The number of hydrogen-bond donors (Lipinski definition) is 2. The van der Waals surface area contributed by atoms with Crippen LogP contribution < -0.4 is 5.32 Å². The second-order valence-corrected chi connectivity index (χ2v) is 5.77. The van der Waals surface area contributed by atoms with Crippen molar-refractivity contribution < 1.29 is 27.9 Å². The number of nitrogens with one attached hydrogen (secondary N) is 1. The Morgan fingerprint density at radius 1 is 1.25 bits per heavy atom. The van der Waals surface area contributed by atoms with E-state index >= 15 is 0 Å². The van der Waals surface area contributed by atoms with Crippen LogP contribution in [-0.4, -0.2) is 38.7 Å². The number of sulfone groups is 1. The normalized spacial score (nSPS) is 15.1. The van der Waals surface area contributed by atoms with Gasteiger partial charge in [0.25, 0.3) is 0 Å². The zero-order valence-electron chi connectivity index (χ0n) is 10.2. The SMILES string of the molecule is O=C(O)CNC(=O)OCC1=CS(=O)(=O)c2ccccc21. The number of ether oxygens (including phenoxy) is 1. The molecule has 0 saturated carbocycles. The van der Waals surface area contributed by atoms with Gasteiger partial charge in [-0.1, -0.05) is 18.2 Å². The summed E-state index contributed by atoms with van der Waals surface area (Å²) in [6, 6.07) is 6.37. The van der Waals surface area contributed by atoms with E-state index in [-0.39, 0.29) is 11.5 Å². The van der Waals surface area contributed by atoms with Crippen LogP contribution in [0.1, 0.15) is 5.56 Å². The molecule has 1 aromatic carbocycles. The number of carboxylic acid groups (broad SMARTS) is 1. The molecular formula is C12H11NO6S. The topological polar surface area (TPSA) is 110 Å². The molecule has 1 aliphatic heterocycles. The highest BCUT2D eigenvalue weighted by atomic mass is 32.2. The summed E-state index contributed by atoms with van der Waals surface area (Å²) in [5.74, 6) is -1.20. The third-order valence-corrected chi connectivity index (χ3v) is 4.14. The van der Waals surface area contributed by atoms with Crippen LogP contribution in [0.2, 0.25) is 0 Å². The van der Waals surface area contributed by atoms with Crippen LogP contribution in [0, 0.1) is 0 Å². The maximum atomic E-state index is 11.8. The average Bonchev–Trinajstić information content (AvgIpc) is 2.66. The smallest absolute Gasteiger partial charge is 0.407 e. The molecule has 20 heavy (non-hydrogen) atoms. The summed E-state index contributed by atoms with van der Waals surface area (Å²) >= 11 is 0. The van der Waals surface area contributed by atoms with Crippen molar-refractivity contribution in [2.75, 3.05) is 13.2 Å². The van der Waals surface area contributed by atoms with Gasteiger partial charge < -0.3 is 15.2 Å². The molecule has 0 radical (unpaired) electrons. The minimum atomic E-state index is -3.50. The fourth-order valence-electron chi connectivity index (χ4n) is 1.75. The van der Waals surface area contributed by atoms with E-state index in [0.717, 1.165) is 5.41 Å². The fourth-order valence-corrected chi connectivity index (χ4v) is 3.22. The summed E-state index contributed by atoms with van der Waals surface area (Å²) in [4.78, 5) is 21.6. The molecule has 0 saturated heterocycles. The van der Waals surface area contributed by atoms with Crippen molar-refractivity contribution in [3.63, 3.8) is 0 Å². The predicted octanol–water partition coefficient (Wildman–Crippen LogP) is 0.626. The first kappa shape index (κ1) is 14.1. The number of amides is 1.